The van der Waals surface area contributed by atoms with Crippen molar-refractivity contribution < 1.29 is 0 Å². The highest BCUT2D eigenvalue weighted by atomic mass is 15.1. The fraction of sp³-hybridized carbons (Fsp3) is 0.467. The van der Waals surface area contributed by atoms with E-state index in [1.807, 2.05) is 18.3 Å². The number of hydrogen-bond donors (Lipinski definition) is 1. The van der Waals surface area contributed by atoms with Crippen molar-refractivity contribution in [2.45, 2.75) is 31.7 Å². The Morgan fingerprint density at radius 3 is 2.89 bits per heavy atom. The summed E-state index contributed by atoms with van der Waals surface area (Å²) in [6.07, 6.45) is 7.47. The summed E-state index contributed by atoms with van der Waals surface area (Å²) in [5, 5.41) is 13.2. The average Bonchev–Trinajstić information content (AvgIpc) is 3.01. The van der Waals surface area contributed by atoms with E-state index in [-0.39, 0.29) is 0 Å². The van der Waals surface area contributed by atoms with Gasteiger partial charge in [0.1, 0.15) is 0 Å². The first kappa shape index (κ1) is 10.3. The Morgan fingerprint density at radius 2 is 2.06 bits per heavy atom. The van der Waals surface area contributed by atoms with Crippen molar-refractivity contribution in [1.29, 1.82) is 0 Å². The summed E-state index contributed by atoms with van der Waals surface area (Å²) in [5.74, 6) is 1.84. The first-order valence-corrected chi connectivity index (χ1v) is 6.87. The average molecular weight is 239 g/mol. The van der Waals surface area contributed by atoms with Gasteiger partial charge in [-0.15, -0.1) is 0 Å². The lowest BCUT2D eigenvalue weighted by atomic mass is 9.95. The summed E-state index contributed by atoms with van der Waals surface area (Å²) in [7, 11) is 0. The minimum atomic E-state index is 0.649. The van der Waals surface area contributed by atoms with Crippen LogP contribution in [0, 0.1) is 11.8 Å². The lowest BCUT2D eigenvalue weighted by Gasteiger charge is -2.24. The summed E-state index contributed by atoms with van der Waals surface area (Å²) in [5.41, 5.74) is 2.13. The quantitative estimate of drug-likeness (QED) is 0.874. The van der Waals surface area contributed by atoms with Crippen molar-refractivity contribution in [3.63, 3.8) is 0 Å². The van der Waals surface area contributed by atoms with E-state index < -0.39 is 0 Å². The Balaban J connectivity index is 1.67. The van der Waals surface area contributed by atoms with Crippen LogP contribution in [0.3, 0.4) is 0 Å². The fourth-order valence-electron chi connectivity index (χ4n) is 3.74. The smallest absolute Gasteiger partial charge is 0.0950 e. The van der Waals surface area contributed by atoms with Crippen LogP contribution in [-0.2, 0) is 0 Å². The number of aromatic nitrogens is 2. The van der Waals surface area contributed by atoms with Gasteiger partial charge in [0.05, 0.1) is 17.4 Å². The fourth-order valence-corrected chi connectivity index (χ4v) is 3.74. The second-order valence-corrected chi connectivity index (χ2v) is 5.70. The third kappa shape index (κ3) is 1.57. The van der Waals surface area contributed by atoms with Crippen LogP contribution in [-0.4, -0.2) is 16.2 Å². The van der Waals surface area contributed by atoms with Gasteiger partial charge >= 0.3 is 0 Å². The number of nitrogens with one attached hydrogen (secondary N) is 1. The molecule has 0 amide bonds. The summed E-state index contributed by atoms with van der Waals surface area (Å²) >= 11 is 0. The van der Waals surface area contributed by atoms with Crippen LogP contribution in [0.1, 0.15) is 25.7 Å². The number of benzene rings is 1. The van der Waals surface area contributed by atoms with Gasteiger partial charge in [-0.1, -0.05) is 24.6 Å². The minimum absolute atomic E-state index is 0.649. The van der Waals surface area contributed by atoms with Crippen LogP contribution in [0.25, 0.3) is 10.9 Å². The molecule has 2 bridgehead atoms. The zero-order valence-corrected chi connectivity index (χ0v) is 10.3. The zero-order valence-electron chi connectivity index (χ0n) is 10.3. The van der Waals surface area contributed by atoms with E-state index in [9.17, 15) is 0 Å². The van der Waals surface area contributed by atoms with Crippen LogP contribution in [0.15, 0.2) is 30.5 Å². The Morgan fingerprint density at radius 1 is 1.11 bits per heavy atom. The molecule has 1 heterocycles. The van der Waals surface area contributed by atoms with Crippen LogP contribution in [0.5, 0.6) is 0 Å². The van der Waals surface area contributed by atoms with E-state index in [0.29, 0.717) is 6.04 Å². The first-order chi connectivity index (χ1) is 8.90. The molecule has 92 valence electrons. The van der Waals surface area contributed by atoms with Gasteiger partial charge in [-0.3, -0.25) is 0 Å². The highest BCUT2D eigenvalue weighted by Gasteiger charge is 2.39. The second kappa shape index (κ2) is 3.94. The molecule has 0 saturated heterocycles. The predicted octanol–water partition coefficient (Wildman–Crippen LogP) is 3.23. The molecule has 4 rings (SSSR count). The molecule has 3 atom stereocenters. The van der Waals surface area contributed by atoms with Crippen molar-refractivity contribution >= 4 is 16.6 Å². The van der Waals surface area contributed by atoms with Crippen LogP contribution >= 0.6 is 0 Å². The van der Waals surface area contributed by atoms with Crippen LogP contribution in [0.4, 0.5) is 5.69 Å². The molecule has 1 aromatic carbocycles. The molecule has 2 saturated carbocycles. The molecule has 0 radical (unpaired) electrons. The third-order valence-corrected chi connectivity index (χ3v) is 4.63. The Kier molecular flexibility index (Phi) is 2.25. The van der Waals surface area contributed by atoms with E-state index >= 15 is 0 Å². The van der Waals surface area contributed by atoms with Crippen molar-refractivity contribution in [2.24, 2.45) is 11.8 Å². The highest BCUT2D eigenvalue weighted by molar-refractivity contribution is 5.90. The Bertz CT molecular complexity index is 575. The molecule has 3 nitrogen and oxygen atoms in total. The van der Waals surface area contributed by atoms with Crippen molar-refractivity contribution in [3.05, 3.63) is 30.5 Å². The number of rotatable bonds is 2. The monoisotopic (exact) mass is 239 g/mol. The molecule has 3 heteroatoms. The van der Waals surface area contributed by atoms with E-state index in [0.717, 1.165) is 23.0 Å². The van der Waals surface area contributed by atoms with E-state index in [4.69, 9.17) is 0 Å². The summed E-state index contributed by atoms with van der Waals surface area (Å²) in [4.78, 5) is 0. The van der Waals surface area contributed by atoms with Crippen molar-refractivity contribution in [1.82, 2.24) is 10.2 Å². The van der Waals surface area contributed by atoms with Gasteiger partial charge in [0.25, 0.3) is 0 Å². The standard InChI is InChI=1S/C15H17N3/c1-2-4-13-12(3-1)15(9-16-18-13)17-14-8-10-5-6-11(14)7-10/h1-4,9-11,14H,5-8H2,(H,17,18). The molecular formula is C15H17N3. The van der Waals surface area contributed by atoms with Crippen molar-refractivity contribution in [3.8, 4) is 0 Å². The molecule has 2 aromatic rings. The van der Waals surface area contributed by atoms with Gasteiger partial charge in [-0.05, 0) is 37.2 Å². The molecular weight excluding hydrogens is 222 g/mol. The molecule has 2 aliphatic carbocycles. The number of anilines is 1. The van der Waals surface area contributed by atoms with Crippen LogP contribution in [0.2, 0.25) is 0 Å². The van der Waals surface area contributed by atoms with Crippen LogP contribution < -0.4 is 5.32 Å². The topological polar surface area (TPSA) is 37.8 Å². The Hall–Kier alpha value is -1.64. The summed E-state index contributed by atoms with van der Waals surface area (Å²) in [6.45, 7) is 0. The van der Waals surface area contributed by atoms with Gasteiger partial charge in [0.2, 0.25) is 0 Å². The predicted molar refractivity (Wildman–Crippen MR) is 72.4 cm³/mol. The van der Waals surface area contributed by atoms with E-state index in [1.54, 1.807) is 0 Å². The maximum Gasteiger partial charge on any atom is 0.0950 e. The number of nitrogens with zero attached hydrogens (tertiary/aromatic N) is 2. The van der Waals surface area contributed by atoms with Gasteiger partial charge in [-0.25, -0.2) is 0 Å². The maximum atomic E-state index is 4.17. The zero-order chi connectivity index (χ0) is 11.9. The normalized spacial score (nSPS) is 29.9. The van der Waals surface area contributed by atoms with Crippen molar-refractivity contribution in [2.75, 3.05) is 5.32 Å². The Labute approximate surface area is 107 Å². The number of hydrogen-bond acceptors (Lipinski definition) is 3. The molecule has 1 aromatic heterocycles. The van der Waals surface area contributed by atoms with Gasteiger partial charge in [0.15, 0.2) is 0 Å². The number of fused-ring (bicyclic) bond motifs is 3. The van der Waals surface area contributed by atoms with E-state index in [1.165, 1.54) is 31.1 Å². The highest BCUT2D eigenvalue weighted by Crippen LogP contribution is 2.45. The molecule has 0 spiro atoms. The lowest BCUT2D eigenvalue weighted by molar-refractivity contribution is 0.440. The molecule has 2 aliphatic rings. The largest absolute Gasteiger partial charge is 0.380 e. The molecule has 2 fully saturated rings. The molecule has 0 aliphatic heterocycles. The minimum Gasteiger partial charge on any atom is -0.380 e. The second-order valence-electron chi connectivity index (χ2n) is 5.70. The lowest BCUT2D eigenvalue weighted by Crippen LogP contribution is -2.26. The molecule has 18 heavy (non-hydrogen) atoms. The maximum absolute atomic E-state index is 4.17. The van der Waals surface area contributed by atoms with E-state index in [2.05, 4.69) is 27.6 Å². The summed E-state index contributed by atoms with van der Waals surface area (Å²) in [6, 6.07) is 8.87. The first-order valence-electron chi connectivity index (χ1n) is 6.87. The van der Waals surface area contributed by atoms with Gasteiger partial charge in [0, 0.05) is 11.4 Å². The van der Waals surface area contributed by atoms with Gasteiger partial charge in [-0.2, -0.15) is 10.2 Å². The molecule has 3 unspecified atom stereocenters. The third-order valence-electron chi connectivity index (χ3n) is 4.63. The van der Waals surface area contributed by atoms with Gasteiger partial charge < -0.3 is 5.32 Å². The summed E-state index contributed by atoms with van der Waals surface area (Å²) < 4.78 is 0. The SMILES string of the molecule is c1ccc2c(NC3CC4CCC3C4)cnnc2c1. The molecule has 1 N–H and O–H groups in total.